The van der Waals surface area contributed by atoms with Crippen LogP contribution in [0, 0.1) is 5.92 Å². The van der Waals surface area contributed by atoms with E-state index < -0.39 is 0 Å². The van der Waals surface area contributed by atoms with Gasteiger partial charge in [0.25, 0.3) is 0 Å². The first kappa shape index (κ1) is 16.5. The van der Waals surface area contributed by atoms with Gasteiger partial charge >= 0.3 is 0 Å². The van der Waals surface area contributed by atoms with Gasteiger partial charge in [-0.1, -0.05) is 20.8 Å². The largest absolute Gasteiger partial charge is 0.313 e. The molecule has 0 aliphatic heterocycles. The Morgan fingerprint density at radius 3 is 2.72 bits per heavy atom. The Morgan fingerprint density at radius 2 is 2.17 bits per heavy atom. The molecule has 1 atom stereocenters. The van der Waals surface area contributed by atoms with Crippen LogP contribution in [0.15, 0.2) is 15.9 Å². The lowest BCUT2D eigenvalue weighted by Crippen LogP contribution is -2.34. The first-order valence-corrected chi connectivity index (χ1v) is 9.48. The van der Waals surface area contributed by atoms with Crippen LogP contribution in [0.2, 0.25) is 0 Å². The zero-order chi connectivity index (χ0) is 13.4. The van der Waals surface area contributed by atoms with Gasteiger partial charge in [-0.2, -0.15) is 11.8 Å². The van der Waals surface area contributed by atoms with Crippen LogP contribution in [-0.2, 0) is 6.42 Å². The maximum atomic E-state index is 3.67. The molecule has 0 saturated carbocycles. The third-order valence-corrected chi connectivity index (χ3v) is 5.78. The van der Waals surface area contributed by atoms with Gasteiger partial charge in [0, 0.05) is 26.5 Å². The summed E-state index contributed by atoms with van der Waals surface area (Å²) in [5, 5.41) is 5.85. The van der Waals surface area contributed by atoms with Crippen molar-refractivity contribution in [3.05, 3.63) is 20.8 Å². The molecule has 1 aromatic rings. The summed E-state index contributed by atoms with van der Waals surface area (Å²) in [5.74, 6) is 3.27. The molecule has 0 fully saturated rings. The van der Waals surface area contributed by atoms with Gasteiger partial charge in [0.2, 0.25) is 0 Å². The van der Waals surface area contributed by atoms with Crippen LogP contribution in [0.4, 0.5) is 0 Å². The third-order valence-electron chi connectivity index (χ3n) is 2.52. The molecule has 0 saturated heterocycles. The Kier molecular flexibility index (Phi) is 8.64. The van der Waals surface area contributed by atoms with Gasteiger partial charge in [-0.3, -0.25) is 0 Å². The second kappa shape index (κ2) is 9.40. The summed E-state index contributed by atoms with van der Waals surface area (Å²) in [6.07, 6.45) is 2.36. The number of rotatable bonds is 9. The standard InChI is InChI=1S/C14H24BrNS2/c1-4-5-16-13(10-17-8-11(2)3)7-14-6-12(15)9-18-14/h6,9,11,13,16H,4-5,7-8,10H2,1-3H3. The van der Waals surface area contributed by atoms with Crippen molar-refractivity contribution in [3.63, 3.8) is 0 Å². The van der Waals surface area contributed by atoms with Crippen LogP contribution in [0.5, 0.6) is 0 Å². The Balaban J connectivity index is 2.39. The van der Waals surface area contributed by atoms with Gasteiger partial charge in [0.05, 0.1) is 0 Å². The lowest BCUT2D eigenvalue weighted by Gasteiger charge is -2.18. The van der Waals surface area contributed by atoms with E-state index in [9.17, 15) is 0 Å². The predicted molar refractivity (Wildman–Crippen MR) is 90.0 cm³/mol. The molecule has 0 aliphatic carbocycles. The topological polar surface area (TPSA) is 12.0 Å². The third kappa shape index (κ3) is 7.17. The molecule has 0 aromatic carbocycles. The zero-order valence-corrected chi connectivity index (χ0v) is 14.8. The van der Waals surface area contributed by atoms with E-state index in [-0.39, 0.29) is 0 Å². The smallest absolute Gasteiger partial charge is 0.0285 e. The SMILES string of the molecule is CCCNC(CSCC(C)C)Cc1cc(Br)cs1. The van der Waals surface area contributed by atoms with Crippen molar-refractivity contribution >= 4 is 39.0 Å². The predicted octanol–water partition coefficient (Wildman–Crippen LogP) is 4.81. The number of thioether (sulfide) groups is 1. The molecule has 1 N–H and O–H groups in total. The highest BCUT2D eigenvalue weighted by atomic mass is 79.9. The number of hydrogen-bond donors (Lipinski definition) is 1. The van der Waals surface area contributed by atoms with Crippen LogP contribution >= 0.6 is 39.0 Å². The highest BCUT2D eigenvalue weighted by Gasteiger charge is 2.11. The van der Waals surface area contributed by atoms with Crippen LogP contribution in [0.25, 0.3) is 0 Å². The van der Waals surface area contributed by atoms with Crippen molar-refractivity contribution in [2.75, 3.05) is 18.1 Å². The maximum Gasteiger partial charge on any atom is 0.0285 e. The van der Waals surface area contributed by atoms with Gasteiger partial charge in [0.1, 0.15) is 0 Å². The van der Waals surface area contributed by atoms with E-state index in [1.807, 2.05) is 11.3 Å². The van der Waals surface area contributed by atoms with E-state index in [4.69, 9.17) is 0 Å². The molecule has 1 nitrogen and oxygen atoms in total. The molecule has 18 heavy (non-hydrogen) atoms. The molecule has 104 valence electrons. The molecular formula is C14H24BrNS2. The van der Waals surface area contributed by atoms with Crippen LogP contribution in [-0.4, -0.2) is 24.1 Å². The molecular weight excluding hydrogens is 326 g/mol. The average Bonchev–Trinajstić information content (AvgIpc) is 2.71. The van der Waals surface area contributed by atoms with Crippen molar-refractivity contribution in [2.24, 2.45) is 5.92 Å². The quantitative estimate of drug-likeness (QED) is 0.686. The first-order valence-electron chi connectivity index (χ1n) is 6.65. The van der Waals surface area contributed by atoms with E-state index in [0.29, 0.717) is 6.04 Å². The average molecular weight is 350 g/mol. The van der Waals surface area contributed by atoms with Gasteiger partial charge in [-0.15, -0.1) is 11.3 Å². The van der Waals surface area contributed by atoms with Crippen molar-refractivity contribution in [2.45, 2.75) is 39.7 Å². The second-order valence-electron chi connectivity index (χ2n) is 5.02. The van der Waals surface area contributed by atoms with Gasteiger partial charge in [0.15, 0.2) is 0 Å². The Bertz CT molecular complexity index is 325. The summed E-state index contributed by atoms with van der Waals surface area (Å²) in [6.45, 7) is 7.93. The molecule has 0 radical (unpaired) electrons. The zero-order valence-electron chi connectivity index (χ0n) is 11.5. The summed E-state index contributed by atoms with van der Waals surface area (Å²) in [7, 11) is 0. The Labute approximate surface area is 128 Å². The normalized spacial score (nSPS) is 13.2. The molecule has 0 spiro atoms. The van der Waals surface area contributed by atoms with Crippen LogP contribution < -0.4 is 5.32 Å². The van der Waals surface area contributed by atoms with E-state index in [1.54, 1.807) is 0 Å². The molecule has 1 aromatic heterocycles. The fraction of sp³-hybridized carbons (Fsp3) is 0.714. The van der Waals surface area contributed by atoms with E-state index in [2.05, 4.69) is 65.2 Å². The highest BCUT2D eigenvalue weighted by Crippen LogP contribution is 2.22. The minimum absolute atomic E-state index is 0.610. The summed E-state index contributed by atoms with van der Waals surface area (Å²) in [5.41, 5.74) is 0. The molecule has 1 rings (SSSR count). The van der Waals surface area contributed by atoms with Crippen molar-refractivity contribution in [1.29, 1.82) is 0 Å². The molecule has 1 heterocycles. The highest BCUT2D eigenvalue weighted by molar-refractivity contribution is 9.10. The lowest BCUT2D eigenvalue weighted by atomic mass is 10.2. The number of hydrogen-bond acceptors (Lipinski definition) is 3. The minimum Gasteiger partial charge on any atom is -0.313 e. The summed E-state index contributed by atoms with van der Waals surface area (Å²) in [4.78, 5) is 1.47. The Hall–Kier alpha value is 0.490. The molecule has 0 aliphatic rings. The number of halogens is 1. The summed E-state index contributed by atoms with van der Waals surface area (Å²) in [6, 6.07) is 2.86. The monoisotopic (exact) mass is 349 g/mol. The molecule has 1 unspecified atom stereocenters. The van der Waals surface area contributed by atoms with Crippen molar-refractivity contribution in [1.82, 2.24) is 5.32 Å². The maximum absolute atomic E-state index is 3.67. The van der Waals surface area contributed by atoms with Gasteiger partial charge < -0.3 is 5.32 Å². The fourth-order valence-corrected chi connectivity index (χ4v) is 4.35. The Morgan fingerprint density at radius 1 is 1.39 bits per heavy atom. The lowest BCUT2D eigenvalue weighted by molar-refractivity contribution is 0.552. The van der Waals surface area contributed by atoms with Crippen molar-refractivity contribution in [3.8, 4) is 0 Å². The van der Waals surface area contributed by atoms with Crippen LogP contribution in [0.3, 0.4) is 0 Å². The molecule has 0 bridgehead atoms. The second-order valence-corrected chi connectivity index (χ2v) is 8.00. The number of thiophene rings is 1. The van der Waals surface area contributed by atoms with Crippen LogP contribution in [0.1, 0.15) is 32.1 Å². The van der Waals surface area contributed by atoms with Crippen molar-refractivity contribution < 1.29 is 0 Å². The number of nitrogens with one attached hydrogen (secondary N) is 1. The van der Waals surface area contributed by atoms with E-state index in [1.165, 1.54) is 27.3 Å². The first-order chi connectivity index (χ1) is 8.61. The minimum atomic E-state index is 0.610. The fourth-order valence-electron chi connectivity index (χ4n) is 1.69. The molecule has 0 amide bonds. The summed E-state index contributed by atoms with van der Waals surface area (Å²) < 4.78 is 1.21. The summed E-state index contributed by atoms with van der Waals surface area (Å²) >= 11 is 7.46. The van der Waals surface area contributed by atoms with Gasteiger partial charge in [-0.05, 0) is 53.1 Å². The van der Waals surface area contributed by atoms with E-state index in [0.717, 1.165) is 18.9 Å². The molecule has 4 heteroatoms. The van der Waals surface area contributed by atoms with E-state index >= 15 is 0 Å². The van der Waals surface area contributed by atoms with Gasteiger partial charge in [-0.25, -0.2) is 0 Å².